The predicted octanol–water partition coefficient (Wildman–Crippen LogP) is 4.50. The summed E-state index contributed by atoms with van der Waals surface area (Å²) in [5.41, 5.74) is 1.92. The van der Waals surface area contributed by atoms with Gasteiger partial charge in [-0.05, 0) is 49.8 Å². The normalized spacial score (nSPS) is 15.3. The molecule has 1 aliphatic heterocycles. The number of likely N-dealkylation sites (tertiary alicyclic amines) is 1. The van der Waals surface area contributed by atoms with Crippen LogP contribution in [-0.2, 0) is 6.42 Å². The minimum Gasteiger partial charge on any atom is -0.478 e. The maximum atomic E-state index is 12.9. The van der Waals surface area contributed by atoms with Crippen LogP contribution in [-0.4, -0.2) is 35.0 Å². The van der Waals surface area contributed by atoms with Crippen molar-refractivity contribution >= 4 is 11.9 Å². The maximum Gasteiger partial charge on any atom is 0.335 e. The molecular weight excluding hydrogens is 342 g/mol. The number of carbonyl (C=O) groups is 2. The summed E-state index contributed by atoms with van der Waals surface area (Å²) in [7, 11) is 0. The molecular formula is C22H27NO4. The lowest BCUT2D eigenvalue weighted by Gasteiger charge is -2.32. The first-order valence-electron chi connectivity index (χ1n) is 9.57. The van der Waals surface area contributed by atoms with E-state index < -0.39 is 5.97 Å². The smallest absolute Gasteiger partial charge is 0.335 e. The summed E-state index contributed by atoms with van der Waals surface area (Å²) in [5, 5.41) is 9.34. The highest BCUT2D eigenvalue weighted by Gasteiger charge is 2.27. The molecule has 0 unspecified atom stereocenters. The van der Waals surface area contributed by atoms with Gasteiger partial charge in [-0.3, -0.25) is 4.79 Å². The molecule has 0 radical (unpaired) electrons. The summed E-state index contributed by atoms with van der Waals surface area (Å²) in [6, 6.07) is 9.06. The van der Waals surface area contributed by atoms with Gasteiger partial charge in [-0.25, -0.2) is 4.79 Å². The predicted molar refractivity (Wildman–Crippen MR) is 103 cm³/mol. The van der Waals surface area contributed by atoms with Crippen molar-refractivity contribution < 1.29 is 19.1 Å². The van der Waals surface area contributed by atoms with Gasteiger partial charge >= 0.3 is 5.97 Å². The van der Waals surface area contributed by atoms with Gasteiger partial charge < -0.3 is 14.4 Å². The van der Waals surface area contributed by atoms with Crippen LogP contribution < -0.4 is 0 Å². The highest BCUT2D eigenvalue weighted by molar-refractivity contribution is 5.95. The van der Waals surface area contributed by atoms with E-state index in [1.54, 1.807) is 12.1 Å². The Labute approximate surface area is 160 Å². The van der Waals surface area contributed by atoms with E-state index in [1.807, 2.05) is 43.9 Å². The lowest BCUT2D eigenvalue weighted by Crippen LogP contribution is -2.39. The van der Waals surface area contributed by atoms with Crippen LogP contribution in [0.2, 0.25) is 0 Å². The summed E-state index contributed by atoms with van der Waals surface area (Å²) >= 11 is 0. The van der Waals surface area contributed by atoms with Crippen LogP contribution in [0.4, 0.5) is 0 Å². The van der Waals surface area contributed by atoms with Crippen LogP contribution in [0.5, 0.6) is 0 Å². The van der Waals surface area contributed by atoms with Crippen LogP contribution in [0, 0.1) is 12.8 Å². The van der Waals surface area contributed by atoms with Crippen molar-refractivity contribution in [1.82, 2.24) is 4.90 Å². The SMILES string of the molecule is Cc1oc(C(C)C)cc1C(=O)N1CCC(Cc2ccccc2C(=O)O)CC1. The van der Waals surface area contributed by atoms with Crippen LogP contribution in [0.1, 0.15) is 70.4 Å². The standard InChI is InChI=1S/C22H27NO4/c1-14(2)20-13-19(15(3)27-20)21(24)23-10-8-16(9-11-23)12-17-6-4-5-7-18(17)22(25)26/h4-7,13-14,16H,8-12H2,1-3H3,(H,25,26). The van der Waals surface area contributed by atoms with Gasteiger partial charge in [-0.2, -0.15) is 0 Å². The highest BCUT2D eigenvalue weighted by atomic mass is 16.4. The van der Waals surface area contributed by atoms with E-state index in [4.69, 9.17) is 4.42 Å². The van der Waals surface area contributed by atoms with E-state index >= 15 is 0 Å². The first kappa shape index (κ1) is 19.2. The fourth-order valence-corrected chi connectivity index (χ4v) is 3.73. The molecule has 1 amide bonds. The van der Waals surface area contributed by atoms with E-state index in [2.05, 4.69) is 0 Å². The number of furan rings is 1. The number of nitrogens with zero attached hydrogens (tertiary/aromatic N) is 1. The number of aryl methyl sites for hydroxylation is 1. The number of piperidine rings is 1. The molecule has 1 aromatic heterocycles. The third kappa shape index (κ3) is 4.24. The van der Waals surface area contributed by atoms with Crippen molar-refractivity contribution in [3.8, 4) is 0 Å². The second-order valence-corrected chi connectivity index (χ2v) is 7.68. The molecule has 3 rings (SSSR count). The Bertz CT molecular complexity index is 829. The van der Waals surface area contributed by atoms with Crippen LogP contribution in [0.15, 0.2) is 34.7 Å². The molecule has 1 aromatic carbocycles. The maximum absolute atomic E-state index is 12.9. The summed E-state index contributed by atoms with van der Waals surface area (Å²) < 4.78 is 5.72. The second kappa shape index (κ2) is 7.99. The van der Waals surface area contributed by atoms with Gasteiger partial charge in [-0.15, -0.1) is 0 Å². The molecule has 0 aliphatic carbocycles. The fourth-order valence-electron chi connectivity index (χ4n) is 3.73. The lowest BCUT2D eigenvalue weighted by molar-refractivity contribution is 0.0688. The molecule has 27 heavy (non-hydrogen) atoms. The topological polar surface area (TPSA) is 70.8 Å². The monoisotopic (exact) mass is 369 g/mol. The first-order valence-corrected chi connectivity index (χ1v) is 9.57. The Kier molecular flexibility index (Phi) is 5.68. The van der Waals surface area contributed by atoms with Crippen molar-refractivity contribution in [2.75, 3.05) is 13.1 Å². The van der Waals surface area contributed by atoms with Gasteiger partial charge in [0.05, 0.1) is 11.1 Å². The summed E-state index contributed by atoms with van der Waals surface area (Å²) in [5.74, 6) is 1.33. The number of carboxylic acids is 1. The molecule has 2 aromatic rings. The molecule has 1 aliphatic rings. The number of amides is 1. The molecule has 2 heterocycles. The van der Waals surface area contributed by atoms with Gasteiger partial charge in [0, 0.05) is 19.0 Å². The van der Waals surface area contributed by atoms with Gasteiger partial charge in [0.2, 0.25) is 0 Å². The number of benzene rings is 1. The third-order valence-corrected chi connectivity index (χ3v) is 5.39. The Morgan fingerprint density at radius 2 is 1.85 bits per heavy atom. The molecule has 0 bridgehead atoms. The molecule has 1 N–H and O–H groups in total. The Morgan fingerprint density at radius 1 is 1.19 bits per heavy atom. The van der Waals surface area contributed by atoms with Crippen molar-refractivity contribution in [1.29, 1.82) is 0 Å². The van der Waals surface area contributed by atoms with E-state index in [9.17, 15) is 14.7 Å². The highest BCUT2D eigenvalue weighted by Crippen LogP contribution is 2.27. The number of hydrogen-bond donors (Lipinski definition) is 1. The van der Waals surface area contributed by atoms with Crippen LogP contribution in [0.3, 0.4) is 0 Å². The fraction of sp³-hybridized carbons (Fsp3) is 0.455. The van der Waals surface area contributed by atoms with Crippen molar-refractivity contribution in [2.24, 2.45) is 5.92 Å². The molecule has 0 spiro atoms. The van der Waals surface area contributed by atoms with Crippen LogP contribution >= 0.6 is 0 Å². The Balaban J connectivity index is 1.62. The molecule has 1 saturated heterocycles. The first-order chi connectivity index (χ1) is 12.9. The lowest BCUT2D eigenvalue weighted by atomic mass is 9.88. The number of aromatic carboxylic acids is 1. The Hall–Kier alpha value is -2.56. The van der Waals surface area contributed by atoms with Gasteiger partial charge in [0.1, 0.15) is 11.5 Å². The third-order valence-electron chi connectivity index (χ3n) is 5.39. The average molecular weight is 369 g/mol. The summed E-state index contributed by atoms with van der Waals surface area (Å²) in [6.45, 7) is 7.33. The minimum atomic E-state index is -0.880. The van der Waals surface area contributed by atoms with E-state index in [0.717, 1.165) is 30.6 Å². The number of rotatable bonds is 5. The van der Waals surface area contributed by atoms with E-state index in [1.165, 1.54) is 0 Å². The van der Waals surface area contributed by atoms with Crippen molar-refractivity contribution in [3.63, 3.8) is 0 Å². The molecule has 5 nitrogen and oxygen atoms in total. The van der Waals surface area contributed by atoms with Crippen molar-refractivity contribution in [2.45, 2.75) is 46.0 Å². The van der Waals surface area contributed by atoms with Gasteiger partial charge in [0.25, 0.3) is 5.91 Å². The largest absolute Gasteiger partial charge is 0.478 e. The quantitative estimate of drug-likeness (QED) is 0.842. The Morgan fingerprint density at radius 3 is 2.44 bits per heavy atom. The van der Waals surface area contributed by atoms with Gasteiger partial charge in [-0.1, -0.05) is 32.0 Å². The molecule has 5 heteroatoms. The average Bonchev–Trinajstić information content (AvgIpc) is 3.04. The van der Waals surface area contributed by atoms with E-state index in [-0.39, 0.29) is 11.8 Å². The zero-order valence-corrected chi connectivity index (χ0v) is 16.2. The minimum absolute atomic E-state index is 0.0348. The molecule has 144 valence electrons. The van der Waals surface area contributed by atoms with Crippen LogP contribution in [0.25, 0.3) is 0 Å². The molecule has 0 saturated carbocycles. The second-order valence-electron chi connectivity index (χ2n) is 7.68. The van der Waals surface area contributed by atoms with E-state index in [0.29, 0.717) is 35.9 Å². The zero-order chi connectivity index (χ0) is 19.6. The zero-order valence-electron chi connectivity index (χ0n) is 16.2. The molecule has 0 atom stereocenters. The molecule has 1 fully saturated rings. The van der Waals surface area contributed by atoms with Gasteiger partial charge in [0.15, 0.2) is 0 Å². The summed E-state index contributed by atoms with van der Waals surface area (Å²) in [6.07, 6.45) is 2.51. The number of carbonyl (C=O) groups excluding carboxylic acids is 1. The summed E-state index contributed by atoms with van der Waals surface area (Å²) in [4.78, 5) is 26.1. The number of hydrogen-bond acceptors (Lipinski definition) is 3. The van der Waals surface area contributed by atoms with Crippen molar-refractivity contribution in [3.05, 3.63) is 58.5 Å². The number of carboxylic acid groups (broad SMARTS) is 1.